The summed E-state index contributed by atoms with van der Waals surface area (Å²) < 4.78 is 5.17. The van der Waals surface area contributed by atoms with Gasteiger partial charge >= 0.3 is 0 Å². The van der Waals surface area contributed by atoms with E-state index in [1.807, 2.05) is 0 Å². The summed E-state index contributed by atoms with van der Waals surface area (Å²) in [6.07, 6.45) is 1.47. The van der Waals surface area contributed by atoms with E-state index in [1.54, 1.807) is 36.4 Å². The molecular formula is C15H14ClN5O3. The molecule has 0 bridgehead atoms. The molecule has 1 aromatic carbocycles. The number of aliphatic hydroxyl groups is 1. The minimum atomic E-state index is -0.619. The Morgan fingerprint density at radius 2 is 2.12 bits per heavy atom. The lowest BCUT2D eigenvalue weighted by atomic mass is 10.2. The summed E-state index contributed by atoms with van der Waals surface area (Å²) in [4.78, 5) is 13.2. The van der Waals surface area contributed by atoms with E-state index in [0.717, 1.165) is 5.56 Å². The van der Waals surface area contributed by atoms with Gasteiger partial charge in [-0.15, -0.1) is 10.2 Å². The van der Waals surface area contributed by atoms with Gasteiger partial charge in [0.05, 0.1) is 12.9 Å². The molecule has 0 aliphatic carbocycles. The summed E-state index contributed by atoms with van der Waals surface area (Å²) in [5.41, 5.74) is 0.745. The molecule has 2 aromatic heterocycles. The average Bonchev–Trinajstić information content (AvgIpc) is 3.25. The molecule has 124 valence electrons. The van der Waals surface area contributed by atoms with Crippen LogP contribution in [0.3, 0.4) is 0 Å². The van der Waals surface area contributed by atoms with Crippen LogP contribution in [0.1, 0.15) is 11.8 Å². The van der Waals surface area contributed by atoms with E-state index in [0.29, 0.717) is 16.6 Å². The van der Waals surface area contributed by atoms with Crippen molar-refractivity contribution in [2.45, 2.75) is 12.6 Å². The molecule has 0 fully saturated rings. The van der Waals surface area contributed by atoms with Crippen LogP contribution in [-0.2, 0) is 11.3 Å². The maximum atomic E-state index is 12.1. The second-order valence-electron chi connectivity index (χ2n) is 4.97. The van der Waals surface area contributed by atoms with Gasteiger partial charge in [-0.2, -0.15) is 4.80 Å². The van der Waals surface area contributed by atoms with Gasteiger partial charge in [0.15, 0.2) is 0 Å². The number of carbonyl (C=O) groups excluding carboxylic acids is 1. The summed E-state index contributed by atoms with van der Waals surface area (Å²) in [5.74, 6) is 0.494. The minimum Gasteiger partial charge on any atom is -0.467 e. The summed E-state index contributed by atoms with van der Waals surface area (Å²) >= 11 is 5.83. The van der Waals surface area contributed by atoms with E-state index in [4.69, 9.17) is 16.0 Å². The minimum absolute atomic E-state index is 0.127. The lowest BCUT2D eigenvalue weighted by molar-refractivity contribution is -0.123. The van der Waals surface area contributed by atoms with Gasteiger partial charge in [-0.25, -0.2) is 0 Å². The van der Waals surface area contributed by atoms with E-state index in [2.05, 4.69) is 20.7 Å². The highest BCUT2D eigenvalue weighted by Gasteiger charge is 2.17. The molecular weight excluding hydrogens is 334 g/mol. The third-order valence-electron chi connectivity index (χ3n) is 3.24. The van der Waals surface area contributed by atoms with Gasteiger partial charge in [-0.1, -0.05) is 11.6 Å². The first-order valence-corrected chi connectivity index (χ1v) is 7.51. The van der Waals surface area contributed by atoms with Crippen LogP contribution in [0.5, 0.6) is 0 Å². The van der Waals surface area contributed by atoms with E-state index < -0.39 is 6.04 Å². The highest BCUT2D eigenvalue weighted by atomic mass is 35.5. The van der Waals surface area contributed by atoms with Crippen molar-refractivity contribution in [2.24, 2.45) is 0 Å². The first kappa shape index (κ1) is 16.2. The molecule has 3 rings (SSSR count). The van der Waals surface area contributed by atoms with Crippen LogP contribution in [0.15, 0.2) is 47.1 Å². The number of amides is 1. The number of hydrogen-bond acceptors (Lipinski definition) is 6. The zero-order valence-corrected chi connectivity index (χ0v) is 13.2. The molecule has 0 aliphatic heterocycles. The quantitative estimate of drug-likeness (QED) is 0.698. The van der Waals surface area contributed by atoms with Crippen molar-refractivity contribution in [3.63, 3.8) is 0 Å². The number of aliphatic hydroxyl groups excluding tert-OH is 1. The predicted octanol–water partition coefficient (Wildman–Crippen LogP) is 1.44. The molecule has 0 aliphatic rings. The molecule has 1 atom stereocenters. The maximum Gasteiger partial charge on any atom is 0.244 e. The second kappa shape index (κ2) is 7.24. The number of nitrogens with one attached hydrogen (secondary N) is 1. The third-order valence-corrected chi connectivity index (χ3v) is 3.50. The molecule has 0 saturated heterocycles. The number of aromatic nitrogens is 4. The Hall–Kier alpha value is -2.71. The van der Waals surface area contributed by atoms with E-state index in [-0.39, 0.29) is 19.1 Å². The molecule has 0 saturated carbocycles. The standard InChI is InChI=1S/C15H14ClN5O3/c16-11-5-3-10(4-6-11)15-18-20-21(19-15)8-14(23)17-12(9-22)13-2-1-7-24-13/h1-7,12,22H,8-9H2,(H,17,23). The van der Waals surface area contributed by atoms with Gasteiger partial charge in [0.1, 0.15) is 18.3 Å². The van der Waals surface area contributed by atoms with Gasteiger partial charge in [0, 0.05) is 10.6 Å². The molecule has 2 N–H and O–H groups in total. The van der Waals surface area contributed by atoms with Gasteiger partial charge in [0.25, 0.3) is 0 Å². The van der Waals surface area contributed by atoms with Crippen LogP contribution in [-0.4, -0.2) is 37.8 Å². The second-order valence-corrected chi connectivity index (χ2v) is 5.40. The van der Waals surface area contributed by atoms with Crippen molar-refractivity contribution in [1.29, 1.82) is 0 Å². The Bertz CT molecular complexity index is 801. The zero-order valence-electron chi connectivity index (χ0n) is 12.5. The Kier molecular flexibility index (Phi) is 4.88. The van der Waals surface area contributed by atoms with Crippen molar-refractivity contribution in [2.75, 3.05) is 6.61 Å². The number of nitrogens with zero attached hydrogens (tertiary/aromatic N) is 4. The van der Waals surface area contributed by atoms with Crippen LogP contribution in [0.25, 0.3) is 11.4 Å². The SMILES string of the molecule is O=C(Cn1nnc(-c2ccc(Cl)cc2)n1)NC(CO)c1ccco1. The van der Waals surface area contributed by atoms with E-state index >= 15 is 0 Å². The van der Waals surface area contributed by atoms with Crippen LogP contribution >= 0.6 is 11.6 Å². The number of carbonyl (C=O) groups is 1. The molecule has 1 unspecified atom stereocenters. The monoisotopic (exact) mass is 347 g/mol. The normalized spacial score (nSPS) is 12.1. The zero-order chi connectivity index (χ0) is 16.9. The van der Waals surface area contributed by atoms with Crippen molar-refractivity contribution < 1.29 is 14.3 Å². The third kappa shape index (κ3) is 3.79. The van der Waals surface area contributed by atoms with Gasteiger partial charge in [0.2, 0.25) is 11.7 Å². The molecule has 1 amide bonds. The molecule has 0 radical (unpaired) electrons. The first-order chi connectivity index (χ1) is 11.7. The van der Waals surface area contributed by atoms with Crippen molar-refractivity contribution in [3.8, 4) is 11.4 Å². The largest absolute Gasteiger partial charge is 0.467 e. The lowest BCUT2D eigenvalue weighted by Crippen LogP contribution is -2.33. The Morgan fingerprint density at radius 1 is 1.33 bits per heavy atom. The number of halogens is 1. The molecule has 3 aromatic rings. The number of tetrazole rings is 1. The van der Waals surface area contributed by atoms with E-state index in [9.17, 15) is 9.90 Å². The molecule has 2 heterocycles. The smallest absolute Gasteiger partial charge is 0.244 e. The average molecular weight is 348 g/mol. The molecule has 8 nitrogen and oxygen atoms in total. The Labute approximate surface area is 142 Å². The summed E-state index contributed by atoms with van der Waals surface area (Å²) in [6, 6.07) is 9.71. The van der Waals surface area contributed by atoms with Gasteiger partial charge < -0.3 is 14.8 Å². The lowest BCUT2D eigenvalue weighted by Gasteiger charge is -2.13. The fourth-order valence-electron chi connectivity index (χ4n) is 2.09. The van der Waals surface area contributed by atoms with Crippen LogP contribution in [0, 0.1) is 0 Å². The molecule has 0 spiro atoms. The fourth-order valence-corrected chi connectivity index (χ4v) is 2.22. The first-order valence-electron chi connectivity index (χ1n) is 7.13. The summed E-state index contributed by atoms with van der Waals surface area (Å²) in [5, 5.41) is 24.5. The predicted molar refractivity (Wildman–Crippen MR) is 84.9 cm³/mol. The fraction of sp³-hybridized carbons (Fsp3) is 0.200. The number of furan rings is 1. The van der Waals surface area contributed by atoms with Crippen molar-refractivity contribution in [1.82, 2.24) is 25.5 Å². The van der Waals surface area contributed by atoms with Crippen LogP contribution < -0.4 is 5.32 Å². The molecule has 24 heavy (non-hydrogen) atoms. The number of benzene rings is 1. The highest BCUT2D eigenvalue weighted by molar-refractivity contribution is 6.30. The Morgan fingerprint density at radius 3 is 2.79 bits per heavy atom. The molecule has 9 heteroatoms. The van der Waals surface area contributed by atoms with Crippen LogP contribution in [0.2, 0.25) is 5.02 Å². The van der Waals surface area contributed by atoms with Crippen molar-refractivity contribution >= 4 is 17.5 Å². The van der Waals surface area contributed by atoms with Gasteiger partial charge in [-0.05, 0) is 41.6 Å². The maximum absolute atomic E-state index is 12.1. The van der Waals surface area contributed by atoms with E-state index in [1.165, 1.54) is 11.1 Å². The number of hydrogen-bond donors (Lipinski definition) is 2. The van der Waals surface area contributed by atoms with Crippen molar-refractivity contribution in [3.05, 3.63) is 53.4 Å². The summed E-state index contributed by atoms with van der Waals surface area (Å²) in [6.45, 7) is -0.405. The van der Waals surface area contributed by atoms with Crippen LogP contribution in [0.4, 0.5) is 0 Å². The van der Waals surface area contributed by atoms with Gasteiger partial charge in [-0.3, -0.25) is 4.79 Å². The number of rotatable bonds is 6. The Balaban J connectivity index is 1.64. The summed E-state index contributed by atoms with van der Waals surface area (Å²) in [7, 11) is 0. The topological polar surface area (TPSA) is 106 Å². The highest BCUT2D eigenvalue weighted by Crippen LogP contribution is 2.17.